The van der Waals surface area contributed by atoms with Crippen molar-refractivity contribution in [3.8, 4) is 0 Å². The summed E-state index contributed by atoms with van der Waals surface area (Å²) in [7, 11) is 1.40. The van der Waals surface area contributed by atoms with Gasteiger partial charge in [-0.05, 0) is 26.8 Å². The van der Waals surface area contributed by atoms with Crippen molar-refractivity contribution in [3.05, 3.63) is 16.4 Å². The number of nitrogens with one attached hydrogen (secondary N) is 1. The number of esters is 1. The highest BCUT2D eigenvalue weighted by Crippen LogP contribution is 2.19. The van der Waals surface area contributed by atoms with Gasteiger partial charge in [0.25, 0.3) is 0 Å². The van der Waals surface area contributed by atoms with Crippen LogP contribution in [0.4, 0.5) is 0 Å². The molecule has 5 nitrogen and oxygen atoms in total. The van der Waals surface area contributed by atoms with E-state index >= 15 is 0 Å². The summed E-state index contributed by atoms with van der Waals surface area (Å²) in [5.41, 5.74) is 1.74. The number of hydrogen-bond donors (Lipinski definition) is 1. The van der Waals surface area contributed by atoms with Crippen LogP contribution in [0.5, 0.6) is 0 Å². The van der Waals surface area contributed by atoms with E-state index in [0.717, 1.165) is 17.9 Å². The Bertz CT molecular complexity index is 418. The highest BCUT2D eigenvalue weighted by atomic mass is 35.5. The van der Waals surface area contributed by atoms with Crippen molar-refractivity contribution in [1.82, 2.24) is 15.1 Å². The second-order valence-corrected chi connectivity index (χ2v) is 4.51. The van der Waals surface area contributed by atoms with Gasteiger partial charge in [0.1, 0.15) is 6.04 Å². The van der Waals surface area contributed by atoms with Crippen molar-refractivity contribution in [2.75, 3.05) is 13.7 Å². The van der Waals surface area contributed by atoms with Gasteiger partial charge in [0, 0.05) is 6.54 Å². The molecule has 0 aliphatic heterocycles. The number of carbonyl (C=O) groups excluding carboxylic acids is 1. The van der Waals surface area contributed by atoms with E-state index in [4.69, 9.17) is 16.3 Å². The third kappa shape index (κ3) is 3.46. The smallest absolute Gasteiger partial charge is 0.322 e. The van der Waals surface area contributed by atoms with Crippen LogP contribution in [0.25, 0.3) is 0 Å². The van der Waals surface area contributed by atoms with Crippen molar-refractivity contribution in [3.63, 3.8) is 0 Å². The predicted molar refractivity (Wildman–Crippen MR) is 70.8 cm³/mol. The van der Waals surface area contributed by atoms with E-state index < -0.39 is 0 Å². The monoisotopic (exact) mass is 273 g/mol. The minimum absolute atomic E-state index is 0.246. The van der Waals surface area contributed by atoms with Crippen LogP contribution in [0.2, 0.25) is 5.02 Å². The lowest BCUT2D eigenvalue weighted by Gasteiger charge is -2.15. The zero-order valence-electron chi connectivity index (χ0n) is 11.3. The summed E-state index contributed by atoms with van der Waals surface area (Å²) < 4.78 is 6.58. The van der Waals surface area contributed by atoms with E-state index in [1.54, 1.807) is 0 Å². The molecule has 0 aliphatic carbocycles. The molecule has 1 aromatic rings. The Balaban J connectivity index is 2.66. The molecular weight excluding hydrogens is 254 g/mol. The fraction of sp³-hybridized carbons (Fsp3) is 0.667. The average Bonchev–Trinajstić information content (AvgIpc) is 2.61. The van der Waals surface area contributed by atoms with Crippen LogP contribution in [0.1, 0.15) is 24.7 Å². The van der Waals surface area contributed by atoms with Crippen LogP contribution >= 0.6 is 11.6 Å². The molecule has 0 fully saturated rings. The first-order chi connectivity index (χ1) is 8.51. The minimum Gasteiger partial charge on any atom is -0.468 e. The summed E-state index contributed by atoms with van der Waals surface area (Å²) in [6, 6.07) is -0.303. The maximum atomic E-state index is 11.5. The molecule has 0 aliphatic rings. The summed E-state index contributed by atoms with van der Waals surface area (Å²) in [5.74, 6) is -0.246. The van der Waals surface area contributed by atoms with Gasteiger partial charge in [-0.2, -0.15) is 5.10 Å². The highest BCUT2D eigenvalue weighted by Gasteiger charge is 2.18. The van der Waals surface area contributed by atoms with E-state index in [2.05, 4.69) is 10.4 Å². The van der Waals surface area contributed by atoms with Gasteiger partial charge in [0.05, 0.1) is 23.5 Å². The van der Waals surface area contributed by atoms with Gasteiger partial charge >= 0.3 is 5.97 Å². The van der Waals surface area contributed by atoms with Crippen LogP contribution in [-0.4, -0.2) is 35.4 Å². The van der Waals surface area contributed by atoms with E-state index in [1.165, 1.54) is 7.11 Å². The fourth-order valence-electron chi connectivity index (χ4n) is 1.84. The molecule has 6 heteroatoms. The van der Waals surface area contributed by atoms with E-state index in [1.807, 2.05) is 25.5 Å². The van der Waals surface area contributed by atoms with Crippen LogP contribution in [0.15, 0.2) is 0 Å². The first-order valence-electron chi connectivity index (χ1n) is 6.02. The van der Waals surface area contributed by atoms with Gasteiger partial charge in [-0.1, -0.05) is 18.5 Å². The molecule has 0 saturated heterocycles. The molecule has 0 aromatic carbocycles. The van der Waals surface area contributed by atoms with Crippen LogP contribution < -0.4 is 5.32 Å². The lowest BCUT2D eigenvalue weighted by molar-refractivity contribution is -0.143. The van der Waals surface area contributed by atoms with Crippen molar-refractivity contribution in [2.24, 2.45) is 0 Å². The lowest BCUT2D eigenvalue weighted by Crippen LogP contribution is -2.38. The van der Waals surface area contributed by atoms with Crippen molar-refractivity contribution >= 4 is 17.6 Å². The highest BCUT2D eigenvalue weighted by molar-refractivity contribution is 6.31. The standard InChI is InChI=1S/C12H20ClN3O2/c1-5-14-10(12(17)18-4)6-7-16-9(3)11(13)8(2)15-16/h10,14H,5-7H2,1-4H3. The molecule has 0 radical (unpaired) electrons. The number of aryl methyl sites for hydroxylation is 2. The van der Waals surface area contributed by atoms with Gasteiger partial charge in [-0.25, -0.2) is 0 Å². The Kier molecular flexibility index (Phi) is 5.62. The Hall–Kier alpha value is -1.07. The SMILES string of the molecule is CCNC(CCn1nc(C)c(Cl)c1C)C(=O)OC. The Labute approximate surface area is 112 Å². The molecule has 1 unspecified atom stereocenters. The summed E-state index contributed by atoms with van der Waals surface area (Å²) in [5, 5.41) is 8.12. The Morgan fingerprint density at radius 1 is 1.56 bits per heavy atom. The van der Waals surface area contributed by atoms with Crippen molar-refractivity contribution in [1.29, 1.82) is 0 Å². The van der Waals surface area contributed by atoms with Gasteiger partial charge in [-0.3, -0.25) is 9.48 Å². The second kappa shape index (κ2) is 6.75. The summed E-state index contributed by atoms with van der Waals surface area (Å²) >= 11 is 6.07. The molecule has 1 atom stereocenters. The maximum absolute atomic E-state index is 11.5. The number of hydrogen-bond acceptors (Lipinski definition) is 4. The number of nitrogens with zero attached hydrogens (tertiary/aromatic N) is 2. The van der Waals surface area contributed by atoms with Crippen LogP contribution in [0.3, 0.4) is 0 Å². The van der Waals surface area contributed by atoms with E-state index in [0.29, 0.717) is 18.0 Å². The first kappa shape index (κ1) is 15.0. The molecule has 1 heterocycles. The number of aromatic nitrogens is 2. The average molecular weight is 274 g/mol. The zero-order valence-corrected chi connectivity index (χ0v) is 12.0. The van der Waals surface area contributed by atoms with E-state index in [-0.39, 0.29) is 12.0 Å². The maximum Gasteiger partial charge on any atom is 0.322 e. The van der Waals surface area contributed by atoms with Crippen LogP contribution in [-0.2, 0) is 16.1 Å². The molecule has 0 spiro atoms. The zero-order chi connectivity index (χ0) is 13.7. The topological polar surface area (TPSA) is 56.2 Å². The third-order valence-corrected chi connectivity index (χ3v) is 3.41. The molecule has 0 bridgehead atoms. The summed E-state index contributed by atoms with van der Waals surface area (Å²) in [6.45, 7) is 7.09. The number of likely N-dealkylation sites (N-methyl/N-ethyl adjacent to an activating group) is 1. The number of methoxy groups -OCH3 is 1. The largest absolute Gasteiger partial charge is 0.468 e. The summed E-state index contributed by atoms with van der Waals surface area (Å²) in [6.07, 6.45) is 0.624. The molecule has 18 heavy (non-hydrogen) atoms. The molecule has 102 valence electrons. The normalized spacial score (nSPS) is 12.5. The van der Waals surface area contributed by atoms with Gasteiger partial charge in [-0.15, -0.1) is 0 Å². The minimum atomic E-state index is -0.303. The lowest BCUT2D eigenvalue weighted by atomic mass is 10.2. The molecule has 0 saturated carbocycles. The molecule has 1 N–H and O–H groups in total. The molecule has 1 aromatic heterocycles. The Morgan fingerprint density at radius 3 is 2.67 bits per heavy atom. The van der Waals surface area contributed by atoms with Gasteiger partial charge < -0.3 is 10.1 Å². The van der Waals surface area contributed by atoms with Crippen molar-refractivity contribution in [2.45, 2.75) is 39.8 Å². The predicted octanol–water partition coefficient (Wildman–Crippen LogP) is 1.69. The number of ether oxygens (including phenoxy) is 1. The quantitative estimate of drug-likeness (QED) is 0.802. The van der Waals surface area contributed by atoms with Gasteiger partial charge in [0.15, 0.2) is 0 Å². The molecule has 0 amide bonds. The number of carbonyl (C=O) groups is 1. The van der Waals surface area contributed by atoms with Crippen molar-refractivity contribution < 1.29 is 9.53 Å². The Morgan fingerprint density at radius 2 is 2.22 bits per heavy atom. The third-order valence-electron chi connectivity index (χ3n) is 2.86. The van der Waals surface area contributed by atoms with E-state index in [9.17, 15) is 4.79 Å². The number of rotatable bonds is 6. The first-order valence-corrected chi connectivity index (χ1v) is 6.39. The second-order valence-electron chi connectivity index (χ2n) is 4.13. The summed E-state index contributed by atoms with van der Waals surface area (Å²) in [4.78, 5) is 11.5. The van der Waals surface area contributed by atoms with Crippen LogP contribution in [0, 0.1) is 13.8 Å². The molecular formula is C12H20ClN3O2. The fourth-order valence-corrected chi connectivity index (χ4v) is 1.97. The van der Waals surface area contributed by atoms with Gasteiger partial charge in [0.2, 0.25) is 0 Å². The number of halogens is 1. The molecule has 1 rings (SSSR count).